The summed E-state index contributed by atoms with van der Waals surface area (Å²) in [6.07, 6.45) is 8.90. The normalized spacial score (nSPS) is 13.8. The van der Waals surface area contributed by atoms with Gasteiger partial charge in [-0.1, -0.05) is 24.3 Å². The zero-order chi connectivity index (χ0) is 12.2. The zero-order valence-electron chi connectivity index (χ0n) is 9.94. The Morgan fingerprint density at radius 2 is 1.12 bits per heavy atom. The van der Waals surface area contributed by atoms with Gasteiger partial charge in [0.2, 0.25) is 0 Å². The highest BCUT2D eigenvalue weighted by Crippen LogP contribution is 2.10. The van der Waals surface area contributed by atoms with Crippen molar-refractivity contribution in [3.63, 3.8) is 0 Å². The summed E-state index contributed by atoms with van der Waals surface area (Å²) in [6.45, 7) is 15.8. The summed E-state index contributed by atoms with van der Waals surface area (Å²) in [4.78, 5) is 0. The molecular formula is C14H22O2. The van der Waals surface area contributed by atoms with E-state index in [2.05, 4.69) is 26.3 Å². The number of ether oxygens (including phenoxy) is 2. The molecule has 0 saturated carbocycles. The molecule has 0 rings (SSSR count). The molecule has 0 aromatic carbocycles. The first-order valence-electron chi connectivity index (χ1n) is 5.48. The molecule has 2 heteroatoms. The fourth-order valence-corrected chi connectivity index (χ4v) is 1.25. The van der Waals surface area contributed by atoms with Crippen LogP contribution >= 0.6 is 0 Å². The fraction of sp³-hybridized carbons (Fsp3) is 0.429. The molecule has 2 atom stereocenters. The van der Waals surface area contributed by atoms with E-state index >= 15 is 0 Å². The third-order valence-corrected chi connectivity index (χ3v) is 2.12. The average Bonchev–Trinajstić information content (AvgIpc) is 2.33. The molecule has 0 bridgehead atoms. The minimum atomic E-state index is 0.0489. The van der Waals surface area contributed by atoms with Crippen LogP contribution in [0.15, 0.2) is 50.6 Å². The Morgan fingerprint density at radius 1 is 0.750 bits per heavy atom. The lowest BCUT2D eigenvalue weighted by atomic mass is 10.1. The van der Waals surface area contributed by atoms with Crippen molar-refractivity contribution in [2.45, 2.75) is 25.0 Å². The standard InChI is InChI=1S/C14H22O2/c1-5-11-15-13(7-3)9-10-14(8-4)16-12-6-2/h5-8,13-14H,1-4,9-12H2/t13-,14-/m1/s1. The van der Waals surface area contributed by atoms with Crippen LogP contribution in [-0.2, 0) is 9.47 Å². The van der Waals surface area contributed by atoms with Gasteiger partial charge in [0, 0.05) is 0 Å². The molecule has 0 amide bonds. The third kappa shape index (κ3) is 7.21. The molecule has 0 saturated heterocycles. The lowest BCUT2D eigenvalue weighted by Crippen LogP contribution is -2.16. The Labute approximate surface area is 99.0 Å². The zero-order valence-corrected chi connectivity index (χ0v) is 9.94. The topological polar surface area (TPSA) is 18.5 Å². The summed E-state index contributed by atoms with van der Waals surface area (Å²) in [6, 6.07) is 0. The van der Waals surface area contributed by atoms with Crippen molar-refractivity contribution in [1.29, 1.82) is 0 Å². The van der Waals surface area contributed by atoms with E-state index in [1.54, 1.807) is 24.3 Å². The van der Waals surface area contributed by atoms with Crippen molar-refractivity contribution in [1.82, 2.24) is 0 Å². The molecule has 0 N–H and O–H groups in total. The Balaban J connectivity index is 3.86. The maximum atomic E-state index is 5.49. The fourth-order valence-electron chi connectivity index (χ4n) is 1.25. The second kappa shape index (κ2) is 10.4. The van der Waals surface area contributed by atoms with Gasteiger partial charge in [-0.2, -0.15) is 0 Å². The molecule has 16 heavy (non-hydrogen) atoms. The Kier molecular flexibility index (Phi) is 9.67. The van der Waals surface area contributed by atoms with Gasteiger partial charge in [-0.15, -0.1) is 26.3 Å². The van der Waals surface area contributed by atoms with Crippen LogP contribution in [0.25, 0.3) is 0 Å². The monoisotopic (exact) mass is 222 g/mol. The quantitative estimate of drug-likeness (QED) is 0.499. The van der Waals surface area contributed by atoms with E-state index in [0.717, 1.165) is 12.8 Å². The summed E-state index contributed by atoms with van der Waals surface area (Å²) in [5.41, 5.74) is 0. The molecule has 2 nitrogen and oxygen atoms in total. The van der Waals surface area contributed by atoms with Crippen LogP contribution in [0.4, 0.5) is 0 Å². The van der Waals surface area contributed by atoms with Crippen molar-refractivity contribution in [3.05, 3.63) is 50.6 Å². The first-order chi connectivity index (χ1) is 7.78. The van der Waals surface area contributed by atoms with E-state index in [1.165, 1.54) is 0 Å². The number of hydrogen-bond donors (Lipinski definition) is 0. The lowest BCUT2D eigenvalue weighted by molar-refractivity contribution is 0.0664. The largest absolute Gasteiger partial charge is 0.370 e. The first-order valence-corrected chi connectivity index (χ1v) is 5.48. The third-order valence-electron chi connectivity index (χ3n) is 2.12. The van der Waals surface area contributed by atoms with Gasteiger partial charge in [0.05, 0.1) is 25.4 Å². The van der Waals surface area contributed by atoms with Gasteiger partial charge in [0.25, 0.3) is 0 Å². The summed E-state index contributed by atoms with van der Waals surface area (Å²) in [5, 5.41) is 0. The van der Waals surface area contributed by atoms with Gasteiger partial charge in [-0.3, -0.25) is 0 Å². The molecule has 0 aliphatic heterocycles. The minimum Gasteiger partial charge on any atom is -0.370 e. The van der Waals surface area contributed by atoms with Gasteiger partial charge < -0.3 is 9.47 Å². The van der Waals surface area contributed by atoms with Crippen LogP contribution in [0.5, 0.6) is 0 Å². The molecule has 0 fully saturated rings. The minimum absolute atomic E-state index is 0.0489. The summed E-state index contributed by atoms with van der Waals surface area (Å²) in [5.74, 6) is 0. The summed E-state index contributed by atoms with van der Waals surface area (Å²) < 4.78 is 11.0. The van der Waals surface area contributed by atoms with Crippen LogP contribution in [0.2, 0.25) is 0 Å². The second-order valence-corrected chi connectivity index (χ2v) is 3.37. The molecule has 0 aliphatic rings. The first kappa shape index (κ1) is 14.9. The maximum Gasteiger partial charge on any atom is 0.0758 e. The summed E-state index contributed by atoms with van der Waals surface area (Å²) in [7, 11) is 0. The summed E-state index contributed by atoms with van der Waals surface area (Å²) >= 11 is 0. The Hall–Kier alpha value is -1.12. The SMILES string of the molecule is C=CCO[C@H](C=C)CC[C@@H](C=C)OCC=C. The van der Waals surface area contributed by atoms with Gasteiger partial charge in [0.1, 0.15) is 0 Å². The van der Waals surface area contributed by atoms with Crippen LogP contribution < -0.4 is 0 Å². The molecule has 0 aromatic rings. The van der Waals surface area contributed by atoms with Crippen LogP contribution in [0, 0.1) is 0 Å². The van der Waals surface area contributed by atoms with Crippen molar-refractivity contribution in [2.75, 3.05) is 13.2 Å². The molecule has 0 aromatic heterocycles. The highest BCUT2D eigenvalue weighted by molar-refractivity contribution is 4.86. The van der Waals surface area contributed by atoms with E-state index in [4.69, 9.17) is 9.47 Å². The second-order valence-electron chi connectivity index (χ2n) is 3.37. The number of hydrogen-bond acceptors (Lipinski definition) is 2. The Bertz CT molecular complexity index is 197. The van der Waals surface area contributed by atoms with Crippen molar-refractivity contribution in [2.24, 2.45) is 0 Å². The predicted molar refractivity (Wildman–Crippen MR) is 69.5 cm³/mol. The highest BCUT2D eigenvalue weighted by Gasteiger charge is 2.08. The van der Waals surface area contributed by atoms with Gasteiger partial charge in [0.15, 0.2) is 0 Å². The van der Waals surface area contributed by atoms with Gasteiger partial charge >= 0.3 is 0 Å². The molecule has 0 aliphatic carbocycles. The molecule has 0 spiro atoms. The number of rotatable bonds is 11. The molecule has 90 valence electrons. The van der Waals surface area contributed by atoms with Gasteiger partial charge in [-0.05, 0) is 12.8 Å². The van der Waals surface area contributed by atoms with Crippen LogP contribution in [0.1, 0.15) is 12.8 Å². The molecule has 0 heterocycles. The van der Waals surface area contributed by atoms with E-state index in [-0.39, 0.29) is 12.2 Å². The van der Waals surface area contributed by atoms with E-state index in [0.29, 0.717) is 13.2 Å². The predicted octanol–water partition coefficient (Wildman–Crippen LogP) is 3.28. The van der Waals surface area contributed by atoms with Crippen LogP contribution in [0.3, 0.4) is 0 Å². The average molecular weight is 222 g/mol. The Morgan fingerprint density at radius 3 is 1.38 bits per heavy atom. The highest BCUT2D eigenvalue weighted by atomic mass is 16.5. The van der Waals surface area contributed by atoms with Crippen molar-refractivity contribution >= 4 is 0 Å². The molecular weight excluding hydrogens is 200 g/mol. The van der Waals surface area contributed by atoms with Crippen LogP contribution in [-0.4, -0.2) is 25.4 Å². The van der Waals surface area contributed by atoms with Crippen molar-refractivity contribution in [3.8, 4) is 0 Å². The van der Waals surface area contributed by atoms with E-state index < -0.39 is 0 Å². The molecule has 0 radical (unpaired) electrons. The maximum absolute atomic E-state index is 5.49. The van der Waals surface area contributed by atoms with Crippen molar-refractivity contribution < 1.29 is 9.47 Å². The smallest absolute Gasteiger partial charge is 0.0758 e. The lowest BCUT2D eigenvalue weighted by Gasteiger charge is -2.16. The molecule has 0 unspecified atom stereocenters. The van der Waals surface area contributed by atoms with E-state index in [9.17, 15) is 0 Å². The van der Waals surface area contributed by atoms with E-state index in [1.807, 2.05) is 0 Å². The van der Waals surface area contributed by atoms with Gasteiger partial charge in [-0.25, -0.2) is 0 Å².